The Labute approximate surface area is 125 Å². The van der Waals surface area contributed by atoms with Crippen LogP contribution in [0.3, 0.4) is 0 Å². The quantitative estimate of drug-likeness (QED) is 0.910. The molecule has 1 unspecified atom stereocenters. The first kappa shape index (κ1) is 15.4. The van der Waals surface area contributed by atoms with E-state index in [4.69, 9.17) is 14.4 Å². The van der Waals surface area contributed by atoms with Crippen LogP contribution < -0.4 is 10.1 Å². The van der Waals surface area contributed by atoms with Gasteiger partial charge in [0.25, 0.3) is 0 Å². The number of nitriles is 1. The number of hydrogen-bond acceptors (Lipinski definition) is 4. The first-order valence-electron chi connectivity index (χ1n) is 7.20. The highest BCUT2D eigenvalue weighted by Crippen LogP contribution is 2.32. The lowest BCUT2D eigenvalue weighted by Crippen LogP contribution is -2.39. The van der Waals surface area contributed by atoms with Crippen molar-refractivity contribution in [1.82, 2.24) is 5.32 Å². The van der Waals surface area contributed by atoms with Gasteiger partial charge in [0.15, 0.2) is 5.75 Å². The van der Waals surface area contributed by atoms with Crippen LogP contribution in [0.15, 0.2) is 28.7 Å². The second kappa shape index (κ2) is 6.19. The molecule has 0 saturated carbocycles. The molecule has 0 bridgehead atoms. The average Bonchev–Trinajstić information content (AvgIpc) is 2.80. The molecular weight excluding hydrogens is 264 g/mol. The normalized spacial score (nSPS) is 13.1. The van der Waals surface area contributed by atoms with Gasteiger partial charge in [-0.25, -0.2) is 0 Å². The number of furan rings is 1. The summed E-state index contributed by atoms with van der Waals surface area (Å²) < 4.78 is 11.3. The third kappa shape index (κ3) is 3.99. The van der Waals surface area contributed by atoms with Crippen LogP contribution in [0.1, 0.15) is 33.5 Å². The van der Waals surface area contributed by atoms with Crippen molar-refractivity contribution in [1.29, 1.82) is 5.26 Å². The van der Waals surface area contributed by atoms with E-state index in [2.05, 4.69) is 39.1 Å². The number of benzene rings is 1. The molecule has 21 heavy (non-hydrogen) atoms. The molecule has 0 saturated heterocycles. The molecule has 0 aliphatic heterocycles. The lowest BCUT2D eigenvalue weighted by Gasteiger charge is -2.23. The van der Waals surface area contributed by atoms with Gasteiger partial charge in [-0.1, -0.05) is 19.1 Å². The fraction of sp³-hybridized carbons (Fsp3) is 0.471. The van der Waals surface area contributed by atoms with E-state index in [1.54, 1.807) is 0 Å². The fourth-order valence-corrected chi connectivity index (χ4v) is 2.00. The lowest BCUT2D eigenvalue weighted by molar-refractivity contribution is 0.243. The number of hydrogen-bond donors (Lipinski definition) is 1. The second-order valence-electron chi connectivity index (χ2n) is 6.42. The van der Waals surface area contributed by atoms with E-state index in [0.29, 0.717) is 23.9 Å². The van der Waals surface area contributed by atoms with Crippen molar-refractivity contribution in [3.05, 3.63) is 30.0 Å². The highest BCUT2D eigenvalue weighted by atomic mass is 16.5. The number of nitrogens with one attached hydrogen (secondary N) is 1. The minimum absolute atomic E-state index is 0.0917. The molecule has 0 fully saturated rings. The van der Waals surface area contributed by atoms with Crippen LogP contribution >= 0.6 is 0 Å². The van der Waals surface area contributed by atoms with Gasteiger partial charge in [0.05, 0.1) is 12.0 Å². The van der Waals surface area contributed by atoms with Crippen LogP contribution in [0, 0.1) is 17.2 Å². The molecule has 4 heteroatoms. The van der Waals surface area contributed by atoms with Crippen molar-refractivity contribution in [2.24, 2.45) is 5.92 Å². The summed E-state index contributed by atoms with van der Waals surface area (Å²) in [5.41, 5.74) is 0.776. The first-order valence-corrected chi connectivity index (χ1v) is 7.20. The maximum Gasteiger partial charge on any atom is 0.246 e. The topological polar surface area (TPSA) is 58.2 Å². The van der Waals surface area contributed by atoms with Crippen molar-refractivity contribution < 1.29 is 9.15 Å². The van der Waals surface area contributed by atoms with Crippen molar-refractivity contribution >= 4 is 11.0 Å². The van der Waals surface area contributed by atoms with Crippen molar-refractivity contribution in [3.8, 4) is 11.8 Å². The summed E-state index contributed by atoms with van der Waals surface area (Å²) >= 11 is 0. The van der Waals surface area contributed by atoms with Gasteiger partial charge in [-0.2, -0.15) is 5.26 Å². The Balaban J connectivity index is 2.05. The summed E-state index contributed by atoms with van der Waals surface area (Å²) in [6.45, 7) is 9.93. The smallest absolute Gasteiger partial charge is 0.246 e. The van der Waals surface area contributed by atoms with Crippen LogP contribution in [-0.2, 0) is 0 Å². The fourth-order valence-electron chi connectivity index (χ4n) is 2.00. The monoisotopic (exact) mass is 286 g/mol. The largest absolute Gasteiger partial charge is 0.488 e. The maximum absolute atomic E-state index is 9.16. The van der Waals surface area contributed by atoms with Crippen LogP contribution in [0.4, 0.5) is 0 Å². The minimum atomic E-state index is 0.0917. The Hall–Kier alpha value is -1.99. The molecule has 1 N–H and O–H groups in total. The summed E-state index contributed by atoms with van der Waals surface area (Å²) in [6.07, 6.45) is 0. The number of fused-ring (bicyclic) bond motifs is 1. The molecule has 1 heterocycles. The van der Waals surface area contributed by atoms with Gasteiger partial charge in [0.1, 0.15) is 11.7 Å². The van der Waals surface area contributed by atoms with Crippen LogP contribution in [0.25, 0.3) is 11.0 Å². The van der Waals surface area contributed by atoms with E-state index in [-0.39, 0.29) is 11.3 Å². The van der Waals surface area contributed by atoms with Crippen molar-refractivity contribution in [2.45, 2.75) is 33.2 Å². The Morgan fingerprint density at radius 2 is 2.05 bits per heavy atom. The highest BCUT2D eigenvalue weighted by molar-refractivity contribution is 5.86. The van der Waals surface area contributed by atoms with Gasteiger partial charge in [-0.15, -0.1) is 0 Å². The third-order valence-electron chi connectivity index (χ3n) is 3.14. The van der Waals surface area contributed by atoms with E-state index >= 15 is 0 Å². The maximum atomic E-state index is 9.16. The van der Waals surface area contributed by atoms with Crippen molar-refractivity contribution in [2.75, 3.05) is 13.2 Å². The van der Waals surface area contributed by atoms with E-state index < -0.39 is 0 Å². The molecule has 0 aliphatic carbocycles. The van der Waals surface area contributed by atoms with Crippen LogP contribution in [0.2, 0.25) is 0 Å². The molecular formula is C17H22N2O2. The number of para-hydroxylation sites is 1. The molecule has 1 aromatic carbocycles. The zero-order valence-electron chi connectivity index (χ0n) is 13.1. The summed E-state index contributed by atoms with van der Waals surface area (Å²) in [5.74, 6) is 1.13. The van der Waals surface area contributed by atoms with Crippen molar-refractivity contribution in [3.63, 3.8) is 0 Å². The predicted molar refractivity (Wildman–Crippen MR) is 83.3 cm³/mol. The van der Waals surface area contributed by atoms with E-state index in [1.807, 2.05) is 24.3 Å². The van der Waals surface area contributed by atoms with E-state index in [9.17, 15) is 0 Å². The van der Waals surface area contributed by atoms with Gasteiger partial charge >= 0.3 is 0 Å². The highest BCUT2D eigenvalue weighted by Gasteiger charge is 2.17. The van der Waals surface area contributed by atoms with Gasteiger partial charge in [0, 0.05) is 18.0 Å². The molecule has 0 radical (unpaired) electrons. The second-order valence-corrected chi connectivity index (χ2v) is 6.42. The Kier molecular flexibility index (Phi) is 4.54. The first-order chi connectivity index (χ1) is 9.90. The molecule has 4 nitrogen and oxygen atoms in total. The number of nitrogens with zero attached hydrogens (tertiary/aromatic N) is 1. The van der Waals surface area contributed by atoms with Gasteiger partial charge in [-0.05, 0) is 32.9 Å². The zero-order valence-corrected chi connectivity index (χ0v) is 13.1. The van der Waals surface area contributed by atoms with Crippen LogP contribution in [0.5, 0.6) is 5.75 Å². The molecule has 0 amide bonds. The van der Waals surface area contributed by atoms with Gasteiger partial charge in [0.2, 0.25) is 5.76 Å². The van der Waals surface area contributed by atoms with E-state index in [1.165, 1.54) is 0 Å². The zero-order chi connectivity index (χ0) is 15.5. The lowest BCUT2D eigenvalue weighted by atomic mass is 10.1. The molecule has 0 spiro atoms. The molecule has 112 valence electrons. The third-order valence-corrected chi connectivity index (χ3v) is 3.14. The number of ether oxygens (including phenoxy) is 1. The van der Waals surface area contributed by atoms with E-state index in [0.717, 1.165) is 11.9 Å². The van der Waals surface area contributed by atoms with Gasteiger partial charge < -0.3 is 14.5 Å². The molecule has 2 rings (SSSR count). The number of rotatable bonds is 5. The summed E-state index contributed by atoms with van der Waals surface area (Å²) in [7, 11) is 0. The Morgan fingerprint density at radius 1 is 1.33 bits per heavy atom. The average molecular weight is 286 g/mol. The Bertz CT molecular complexity index is 647. The molecule has 1 aromatic heterocycles. The summed E-state index contributed by atoms with van der Waals surface area (Å²) in [5, 5.41) is 13.5. The van der Waals surface area contributed by atoms with Crippen LogP contribution in [-0.4, -0.2) is 18.7 Å². The standard InChI is InChI=1S/C17H22N2O2/c1-12(10-19-17(2,3)4)11-20-16-13-7-5-6-8-14(13)21-15(16)9-18/h5-8,12,19H,10-11H2,1-4H3. The Morgan fingerprint density at radius 3 is 2.71 bits per heavy atom. The molecule has 1 atom stereocenters. The molecule has 2 aromatic rings. The van der Waals surface area contributed by atoms with Gasteiger partial charge in [-0.3, -0.25) is 0 Å². The predicted octanol–water partition coefficient (Wildman–Crippen LogP) is 3.71. The molecule has 0 aliphatic rings. The summed E-state index contributed by atoms with van der Waals surface area (Å²) in [6, 6.07) is 9.60. The SMILES string of the molecule is CC(CNC(C)(C)C)COc1c(C#N)oc2ccccc12. The summed E-state index contributed by atoms with van der Waals surface area (Å²) in [4.78, 5) is 0. The minimum Gasteiger partial charge on any atom is -0.488 e.